The molecule has 5 aromatic carbocycles. The first-order valence-electron chi connectivity index (χ1n) is 15.0. The number of pyridine rings is 2. The van der Waals surface area contributed by atoms with Crippen LogP contribution < -0.4 is 0 Å². The van der Waals surface area contributed by atoms with E-state index < -0.39 is 0 Å². The van der Waals surface area contributed by atoms with Crippen molar-refractivity contribution in [2.24, 2.45) is 0 Å². The summed E-state index contributed by atoms with van der Waals surface area (Å²) < 4.78 is 2.58. The van der Waals surface area contributed by atoms with Gasteiger partial charge in [-0.3, -0.25) is 9.97 Å². The van der Waals surface area contributed by atoms with Crippen molar-refractivity contribution in [1.29, 1.82) is 0 Å². The molecule has 0 unspecified atom stereocenters. The second kappa shape index (κ2) is 10.1. The number of fused-ring (bicyclic) bond motifs is 6. The number of hydrogen-bond donors (Lipinski definition) is 0. The fourth-order valence-electron chi connectivity index (χ4n) is 6.69. The minimum atomic E-state index is 0.823. The van der Waals surface area contributed by atoms with Gasteiger partial charge >= 0.3 is 0 Å². The van der Waals surface area contributed by atoms with Crippen LogP contribution in [0.2, 0.25) is 0 Å². The zero-order valence-corrected chi connectivity index (χ0v) is 24.7. The van der Waals surface area contributed by atoms with Crippen LogP contribution >= 0.6 is 11.3 Å². The first kappa shape index (κ1) is 25.1. The van der Waals surface area contributed by atoms with Crippen molar-refractivity contribution < 1.29 is 0 Å². The maximum absolute atomic E-state index is 5.24. The van der Waals surface area contributed by atoms with Crippen molar-refractivity contribution in [3.05, 3.63) is 157 Å². The Hall–Kier alpha value is -5.38. The molecule has 3 heteroatoms. The molecule has 0 spiro atoms. The summed E-state index contributed by atoms with van der Waals surface area (Å²) in [6.07, 6.45) is 2.74. The van der Waals surface area contributed by atoms with E-state index in [1.165, 1.54) is 64.7 Å². The monoisotopic (exact) mass is 578 g/mol. The fourth-order valence-corrected chi connectivity index (χ4v) is 7.92. The van der Waals surface area contributed by atoms with Crippen molar-refractivity contribution in [2.45, 2.75) is 6.42 Å². The van der Waals surface area contributed by atoms with E-state index in [2.05, 4.69) is 140 Å². The molecule has 1 aliphatic rings. The lowest BCUT2D eigenvalue weighted by atomic mass is 9.93. The molecule has 8 aromatic rings. The number of hydrogen-bond acceptors (Lipinski definition) is 3. The molecule has 0 atom stereocenters. The van der Waals surface area contributed by atoms with Gasteiger partial charge in [0.15, 0.2) is 0 Å². The molecule has 0 N–H and O–H groups in total. The molecular weight excluding hydrogens is 553 g/mol. The normalized spacial score (nSPS) is 12.0. The van der Waals surface area contributed by atoms with Crippen molar-refractivity contribution in [3.63, 3.8) is 0 Å². The molecule has 0 aliphatic heterocycles. The van der Waals surface area contributed by atoms with Crippen LogP contribution in [0.1, 0.15) is 11.3 Å². The highest BCUT2D eigenvalue weighted by Crippen LogP contribution is 2.43. The average Bonchev–Trinajstić information content (AvgIpc) is 3.67. The molecule has 0 radical (unpaired) electrons. The maximum atomic E-state index is 5.24. The number of nitrogens with zero attached hydrogens (tertiary/aromatic N) is 2. The molecule has 0 saturated heterocycles. The summed E-state index contributed by atoms with van der Waals surface area (Å²) in [4.78, 5) is 10.1. The molecular formula is C41H26N2S. The molecule has 0 amide bonds. The Morgan fingerprint density at radius 2 is 1.23 bits per heavy atom. The Morgan fingerprint density at radius 1 is 0.477 bits per heavy atom. The summed E-state index contributed by atoms with van der Waals surface area (Å²) >= 11 is 1.84. The van der Waals surface area contributed by atoms with Gasteiger partial charge in [0.25, 0.3) is 0 Å². The van der Waals surface area contributed by atoms with E-state index in [0.717, 1.165) is 29.1 Å². The van der Waals surface area contributed by atoms with Gasteiger partial charge in [0.1, 0.15) is 0 Å². The van der Waals surface area contributed by atoms with Crippen molar-refractivity contribution >= 4 is 31.5 Å². The summed E-state index contributed by atoms with van der Waals surface area (Å²) in [7, 11) is 0. The van der Waals surface area contributed by atoms with Gasteiger partial charge in [0, 0.05) is 49.5 Å². The topological polar surface area (TPSA) is 25.8 Å². The van der Waals surface area contributed by atoms with Crippen molar-refractivity contribution in [1.82, 2.24) is 9.97 Å². The lowest BCUT2D eigenvalue weighted by molar-refractivity contribution is 1.13. The Balaban J connectivity index is 1.08. The molecule has 206 valence electrons. The van der Waals surface area contributed by atoms with Gasteiger partial charge < -0.3 is 0 Å². The minimum absolute atomic E-state index is 0.823. The van der Waals surface area contributed by atoms with E-state index in [4.69, 9.17) is 9.97 Å². The number of benzene rings is 5. The molecule has 0 fully saturated rings. The van der Waals surface area contributed by atoms with E-state index in [1.54, 1.807) is 0 Å². The highest BCUT2D eigenvalue weighted by atomic mass is 32.1. The van der Waals surface area contributed by atoms with Crippen LogP contribution in [0.3, 0.4) is 0 Å². The first-order valence-corrected chi connectivity index (χ1v) is 15.8. The molecule has 1 aliphatic carbocycles. The number of thiophene rings is 1. The van der Waals surface area contributed by atoms with Crippen LogP contribution in [0.25, 0.3) is 76.1 Å². The quantitative estimate of drug-likeness (QED) is 0.208. The highest BCUT2D eigenvalue weighted by molar-refractivity contribution is 7.26. The molecule has 3 heterocycles. The molecule has 0 saturated carbocycles. The van der Waals surface area contributed by atoms with Crippen LogP contribution in [-0.2, 0) is 6.42 Å². The largest absolute Gasteiger partial charge is 0.256 e. The zero-order chi connectivity index (χ0) is 29.0. The van der Waals surface area contributed by atoms with Crippen LogP contribution in [-0.4, -0.2) is 9.97 Å². The summed E-state index contributed by atoms with van der Waals surface area (Å²) in [5.74, 6) is 0. The minimum Gasteiger partial charge on any atom is -0.256 e. The molecule has 2 nitrogen and oxygen atoms in total. The third kappa shape index (κ3) is 4.09. The van der Waals surface area contributed by atoms with E-state index in [1.807, 2.05) is 17.5 Å². The number of rotatable bonds is 4. The number of aromatic nitrogens is 2. The molecule has 0 bridgehead atoms. The van der Waals surface area contributed by atoms with E-state index >= 15 is 0 Å². The lowest BCUT2D eigenvalue weighted by Gasteiger charge is -2.11. The Morgan fingerprint density at radius 3 is 2.18 bits per heavy atom. The fraction of sp³-hybridized carbons (Fsp3) is 0.0244. The predicted octanol–water partition coefficient (Wildman–Crippen LogP) is 11.1. The van der Waals surface area contributed by atoms with Gasteiger partial charge in [-0.15, -0.1) is 11.3 Å². The second-order valence-corrected chi connectivity index (χ2v) is 12.4. The SMILES string of the molecule is c1ccc(-c2cccc(-c3cccc4c3Cc3nc(-c5ccnc(-c6cccc7c6sc6ccccc67)c5)ccc3-4)c2)cc1. The third-order valence-electron chi connectivity index (χ3n) is 8.80. The van der Waals surface area contributed by atoms with Crippen LogP contribution in [0.4, 0.5) is 0 Å². The zero-order valence-electron chi connectivity index (χ0n) is 23.9. The predicted molar refractivity (Wildman–Crippen MR) is 185 cm³/mol. The van der Waals surface area contributed by atoms with Gasteiger partial charge in [0.05, 0.1) is 17.1 Å². The summed E-state index contributed by atoms with van der Waals surface area (Å²) in [6, 6.07) is 50.0. The average molecular weight is 579 g/mol. The van der Waals surface area contributed by atoms with E-state index in [9.17, 15) is 0 Å². The summed E-state index contributed by atoms with van der Waals surface area (Å²) in [6.45, 7) is 0. The Labute approximate surface area is 260 Å². The van der Waals surface area contributed by atoms with Gasteiger partial charge in [0.2, 0.25) is 0 Å². The van der Waals surface area contributed by atoms with Crippen LogP contribution in [0.5, 0.6) is 0 Å². The highest BCUT2D eigenvalue weighted by Gasteiger charge is 2.24. The van der Waals surface area contributed by atoms with E-state index in [0.29, 0.717) is 0 Å². The van der Waals surface area contributed by atoms with Gasteiger partial charge in [-0.05, 0) is 63.7 Å². The lowest BCUT2D eigenvalue weighted by Crippen LogP contribution is -1.93. The second-order valence-electron chi connectivity index (χ2n) is 11.4. The third-order valence-corrected chi connectivity index (χ3v) is 10.0. The summed E-state index contributed by atoms with van der Waals surface area (Å²) in [5, 5.41) is 2.59. The maximum Gasteiger partial charge on any atom is 0.0723 e. The van der Waals surface area contributed by atoms with Gasteiger partial charge in [-0.1, -0.05) is 109 Å². The Kier molecular flexibility index (Phi) is 5.78. The van der Waals surface area contributed by atoms with Gasteiger partial charge in [-0.2, -0.15) is 0 Å². The summed E-state index contributed by atoms with van der Waals surface area (Å²) in [5.41, 5.74) is 14.2. The van der Waals surface area contributed by atoms with Crippen molar-refractivity contribution in [2.75, 3.05) is 0 Å². The Bertz CT molecular complexity index is 2370. The first-order chi connectivity index (χ1) is 21.8. The standard InChI is InChI=1S/C41H26N2S/c1-2-9-26(10-3-1)27-11-6-12-28(23-27)30-14-7-15-31-32-19-20-37(43-39(32)25-36(30)31)29-21-22-42-38(24-29)35-17-8-16-34-33-13-4-5-18-40(33)44-41(34)35/h1-24H,25H2. The van der Waals surface area contributed by atoms with Crippen LogP contribution in [0, 0.1) is 0 Å². The smallest absolute Gasteiger partial charge is 0.0723 e. The van der Waals surface area contributed by atoms with Crippen molar-refractivity contribution in [3.8, 4) is 55.9 Å². The molecule has 44 heavy (non-hydrogen) atoms. The van der Waals surface area contributed by atoms with E-state index in [-0.39, 0.29) is 0 Å². The van der Waals surface area contributed by atoms with Gasteiger partial charge in [-0.25, -0.2) is 0 Å². The molecule has 3 aromatic heterocycles. The molecule has 9 rings (SSSR count). The van der Waals surface area contributed by atoms with Crippen LogP contribution in [0.15, 0.2) is 146 Å².